The van der Waals surface area contributed by atoms with Crippen molar-refractivity contribution in [2.75, 3.05) is 33.4 Å². The molecule has 2 rings (SSSR count). The lowest BCUT2D eigenvalue weighted by Crippen LogP contribution is -2.44. The fourth-order valence-corrected chi connectivity index (χ4v) is 2.85. The van der Waals surface area contributed by atoms with Gasteiger partial charge in [0, 0.05) is 38.8 Å². The first-order chi connectivity index (χ1) is 11.9. The summed E-state index contributed by atoms with van der Waals surface area (Å²) >= 11 is 0. The van der Waals surface area contributed by atoms with E-state index in [0.717, 1.165) is 18.6 Å². The third kappa shape index (κ3) is 6.58. The molecule has 1 aromatic rings. The van der Waals surface area contributed by atoms with Gasteiger partial charge in [-0.3, -0.25) is 4.99 Å². The zero-order valence-electron chi connectivity index (χ0n) is 14.6. The van der Waals surface area contributed by atoms with E-state index in [1.807, 2.05) is 0 Å². The minimum atomic E-state index is -4.35. The molecule has 1 aromatic carbocycles. The van der Waals surface area contributed by atoms with Crippen molar-refractivity contribution in [1.29, 1.82) is 0 Å². The number of aliphatic hydroxyl groups excluding tert-OH is 1. The third-order valence-corrected chi connectivity index (χ3v) is 4.40. The number of alkyl halides is 3. The van der Waals surface area contributed by atoms with E-state index in [0.29, 0.717) is 37.7 Å². The molecule has 0 amide bonds. The zero-order chi connectivity index (χ0) is 18.3. The summed E-state index contributed by atoms with van der Waals surface area (Å²) in [6.07, 6.45) is -2.87. The highest BCUT2D eigenvalue weighted by Crippen LogP contribution is 2.31. The highest BCUT2D eigenvalue weighted by molar-refractivity contribution is 14.0. The van der Waals surface area contributed by atoms with Crippen LogP contribution in [0.25, 0.3) is 0 Å². The molecule has 1 unspecified atom stereocenters. The molecule has 3 N–H and O–H groups in total. The average Bonchev–Trinajstić information content (AvgIpc) is 3.04. The maximum Gasteiger partial charge on any atom is 0.416 e. The van der Waals surface area contributed by atoms with E-state index in [4.69, 9.17) is 4.74 Å². The van der Waals surface area contributed by atoms with Crippen molar-refractivity contribution in [3.8, 4) is 0 Å². The Hall–Kier alpha value is -1.07. The van der Waals surface area contributed by atoms with E-state index in [-0.39, 0.29) is 42.5 Å². The topological polar surface area (TPSA) is 65.9 Å². The third-order valence-electron chi connectivity index (χ3n) is 4.40. The minimum absolute atomic E-state index is 0. The molecule has 9 heteroatoms. The number of hydrogen-bond acceptors (Lipinski definition) is 3. The van der Waals surface area contributed by atoms with E-state index in [2.05, 4.69) is 15.6 Å². The van der Waals surface area contributed by atoms with E-state index in [1.165, 1.54) is 6.07 Å². The molecule has 1 aliphatic rings. The van der Waals surface area contributed by atoms with E-state index in [1.54, 1.807) is 13.1 Å². The summed E-state index contributed by atoms with van der Waals surface area (Å²) in [5, 5.41) is 15.4. The normalized spacial score (nSPS) is 20.6. The smallest absolute Gasteiger partial charge is 0.396 e. The van der Waals surface area contributed by atoms with Crippen molar-refractivity contribution >= 4 is 29.9 Å². The van der Waals surface area contributed by atoms with Gasteiger partial charge < -0.3 is 20.5 Å². The van der Waals surface area contributed by atoms with Crippen LogP contribution in [0.1, 0.15) is 24.0 Å². The van der Waals surface area contributed by atoms with Crippen molar-refractivity contribution in [2.45, 2.75) is 25.6 Å². The fourth-order valence-electron chi connectivity index (χ4n) is 2.85. The Labute approximate surface area is 168 Å². The van der Waals surface area contributed by atoms with Gasteiger partial charge in [0.2, 0.25) is 0 Å². The minimum Gasteiger partial charge on any atom is -0.396 e. The van der Waals surface area contributed by atoms with Gasteiger partial charge in [-0.15, -0.1) is 24.0 Å². The molecule has 1 aliphatic heterocycles. The van der Waals surface area contributed by atoms with Crippen LogP contribution in [0.2, 0.25) is 0 Å². The van der Waals surface area contributed by atoms with Gasteiger partial charge in [0.15, 0.2) is 5.96 Å². The van der Waals surface area contributed by atoms with Gasteiger partial charge >= 0.3 is 6.18 Å². The summed E-state index contributed by atoms with van der Waals surface area (Å²) in [4.78, 5) is 4.10. The number of halogens is 4. The number of hydrogen-bond donors (Lipinski definition) is 3. The van der Waals surface area contributed by atoms with E-state index < -0.39 is 11.7 Å². The van der Waals surface area contributed by atoms with Crippen LogP contribution in [0.5, 0.6) is 0 Å². The molecule has 148 valence electrons. The summed E-state index contributed by atoms with van der Waals surface area (Å²) in [6, 6.07) is 5.20. The Kier molecular flexibility index (Phi) is 9.11. The number of rotatable bonds is 6. The second-order valence-corrected chi connectivity index (χ2v) is 6.25. The monoisotopic (exact) mass is 487 g/mol. The molecule has 1 saturated heterocycles. The molecule has 1 fully saturated rings. The van der Waals surface area contributed by atoms with Gasteiger partial charge in [-0.1, -0.05) is 12.1 Å². The Morgan fingerprint density at radius 1 is 1.35 bits per heavy atom. The molecule has 0 aromatic heterocycles. The van der Waals surface area contributed by atoms with Gasteiger partial charge in [-0.05, 0) is 30.5 Å². The summed E-state index contributed by atoms with van der Waals surface area (Å²) in [7, 11) is 1.60. The summed E-state index contributed by atoms with van der Waals surface area (Å²) in [6.45, 7) is 2.13. The average molecular weight is 487 g/mol. The Morgan fingerprint density at radius 3 is 2.69 bits per heavy atom. The zero-order valence-corrected chi connectivity index (χ0v) is 16.9. The molecule has 5 nitrogen and oxygen atoms in total. The van der Waals surface area contributed by atoms with Crippen LogP contribution in [-0.4, -0.2) is 44.5 Å². The van der Waals surface area contributed by atoms with E-state index >= 15 is 0 Å². The van der Waals surface area contributed by atoms with Gasteiger partial charge in [-0.2, -0.15) is 13.2 Å². The maximum atomic E-state index is 12.8. The van der Waals surface area contributed by atoms with Crippen molar-refractivity contribution in [3.05, 3.63) is 35.4 Å². The number of aliphatic hydroxyl groups is 1. The van der Waals surface area contributed by atoms with Crippen LogP contribution in [0.3, 0.4) is 0 Å². The molecular formula is C17H25F3IN3O2. The number of benzene rings is 1. The van der Waals surface area contributed by atoms with E-state index in [9.17, 15) is 18.3 Å². The van der Waals surface area contributed by atoms with Crippen LogP contribution < -0.4 is 10.6 Å². The predicted molar refractivity (Wildman–Crippen MR) is 105 cm³/mol. The summed E-state index contributed by atoms with van der Waals surface area (Å²) in [5.74, 6) is 0.502. The highest BCUT2D eigenvalue weighted by Gasteiger charge is 2.34. The second kappa shape index (κ2) is 10.3. The first-order valence-corrected chi connectivity index (χ1v) is 8.18. The van der Waals surface area contributed by atoms with Gasteiger partial charge in [0.1, 0.15) is 0 Å². The van der Waals surface area contributed by atoms with Crippen LogP contribution >= 0.6 is 24.0 Å². The molecule has 0 aliphatic carbocycles. The second-order valence-electron chi connectivity index (χ2n) is 6.25. The number of guanidine groups is 1. The first-order valence-electron chi connectivity index (χ1n) is 8.18. The quantitative estimate of drug-likeness (QED) is 0.328. The first kappa shape index (κ1) is 23.0. The molecule has 0 saturated carbocycles. The lowest BCUT2D eigenvalue weighted by molar-refractivity contribution is -0.137. The van der Waals surface area contributed by atoms with Gasteiger partial charge in [0.25, 0.3) is 0 Å². The lowest BCUT2D eigenvalue weighted by atomic mass is 9.84. The largest absolute Gasteiger partial charge is 0.416 e. The van der Waals surface area contributed by atoms with Crippen molar-refractivity contribution < 1.29 is 23.0 Å². The summed E-state index contributed by atoms with van der Waals surface area (Å²) < 4.78 is 43.7. The molecule has 26 heavy (non-hydrogen) atoms. The SMILES string of the molecule is CN=C(NCc1cccc(C(F)(F)F)c1)NCC1(CCO)CCOC1.I. The molecular weight excluding hydrogens is 462 g/mol. The van der Waals surface area contributed by atoms with Gasteiger partial charge in [0.05, 0.1) is 12.2 Å². The standard InChI is InChI=1S/C17H24F3N3O2.HI/c1-21-15(23-11-16(5-7-24)6-8-25-12-16)22-10-13-3-2-4-14(9-13)17(18,19)20;/h2-4,9,24H,5-8,10-12H2,1H3,(H2,21,22,23);1H. The Bertz CT molecular complexity index is 591. The molecule has 0 radical (unpaired) electrons. The molecule has 0 bridgehead atoms. The maximum absolute atomic E-state index is 12.8. The van der Waals surface area contributed by atoms with Crippen LogP contribution in [-0.2, 0) is 17.5 Å². The fraction of sp³-hybridized carbons (Fsp3) is 0.588. The summed E-state index contributed by atoms with van der Waals surface area (Å²) in [5.41, 5.74) is -0.283. The van der Waals surface area contributed by atoms with Crippen LogP contribution in [0.4, 0.5) is 13.2 Å². The van der Waals surface area contributed by atoms with Crippen molar-refractivity contribution in [3.63, 3.8) is 0 Å². The number of aliphatic imine (C=N–C) groups is 1. The molecule has 1 atom stereocenters. The molecule has 0 spiro atoms. The van der Waals surface area contributed by atoms with Crippen LogP contribution in [0, 0.1) is 5.41 Å². The number of nitrogens with one attached hydrogen (secondary N) is 2. The highest BCUT2D eigenvalue weighted by atomic mass is 127. The molecule has 1 heterocycles. The predicted octanol–water partition coefficient (Wildman–Crippen LogP) is 2.78. The van der Waals surface area contributed by atoms with Crippen LogP contribution in [0.15, 0.2) is 29.3 Å². The van der Waals surface area contributed by atoms with Crippen molar-refractivity contribution in [1.82, 2.24) is 10.6 Å². The Balaban J connectivity index is 0.00000338. The Morgan fingerprint density at radius 2 is 2.12 bits per heavy atom. The van der Waals surface area contributed by atoms with Gasteiger partial charge in [-0.25, -0.2) is 0 Å². The number of ether oxygens (including phenoxy) is 1. The lowest BCUT2D eigenvalue weighted by Gasteiger charge is -2.27. The van der Waals surface area contributed by atoms with Crippen molar-refractivity contribution in [2.24, 2.45) is 10.4 Å². The number of nitrogens with zero attached hydrogens (tertiary/aromatic N) is 1.